The van der Waals surface area contributed by atoms with E-state index < -0.39 is 11.9 Å². The van der Waals surface area contributed by atoms with E-state index in [0.29, 0.717) is 10.7 Å². The molecule has 0 saturated carbocycles. The summed E-state index contributed by atoms with van der Waals surface area (Å²) >= 11 is 11.0. The van der Waals surface area contributed by atoms with Crippen molar-refractivity contribution in [1.82, 2.24) is 5.32 Å². The second-order valence-electron chi connectivity index (χ2n) is 3.02. The van der Waals surface area contributed by atoms with Crippen LogP contribution in [0.4, 0.5) is 10.5 Å². The lowest BCUT2D eigenvalue weighted by Gasteiger charge is -2.17. The Kier molecular flexibility index (Phi) is 4.58. The molecular formula is C10H10Cl2N2O2. The van der Waals surface area contributed by atoms with E-state index in [1.807, 2.05) is 0 Å². The third-order valence-corrected chi connectivity index (χ3v) is 2.38. The Bertz CT molecular complexity index is 392. The van der Waals surface area contributed by atoms with Gasteiger partial charge < -0.3 is 0 Å². The molecule has 0 aliphatic carbocycles. The van der Waals surface area contributed by atoms with Gasteiger partial charge in [0.1, 0.15) is 5.88 Å². The number of benzene rings is 1. The number of anilines is 1. The van der Waals surface area contributed by atoms with E-state index in [1.165, 1.54) is 4.90 Å². The monoisotopic (exact) mass is 260 g/mol. The lowest BCUT2D eigenvalue weighted by atomic mass is 10.3. The molecule has 0 heterocycles. The van der Waals surface area contributed by atoms with E-state index in [2.05, 4.69) is 5.32 Å². The average molecular weight is 261 g/mol. The third-order valence-electron chi connectivity index (χ3n) is 1.89. The van der Waals surface area contributed by atoms with Crippen molar-refractivity contribution in [2.45, 2.75) is 0 Å². The number of urea groups is 1. The molecular weight excluding hydrogens is 251 g/mol. The number of nitrogens with zero attached hydrogens (tertiary/aromatic N) is 1. The summed E-state index contributed by atoms with van der Waals surface area (Å²) in [6.07, 6.45) is 0. The molecule has 3 amide bonds. The minimum Gasteiger partial charge on any atom is -0.297 e. The molecule has 1 N–H and O–H groups in total. The predicted octanol–water partition coefficient (Wildman–Crippen LogP) is 2.25. The van der Waals surface area contributed by atoms with E-state index in [9.17, 15) is 9.59 Å². The first kappa shape index (κ1) is 12.8. The van der Waals surface area contributed by atoms with Gasteiger partial charge in [-0.15, -0.1) is 11.6 Å². The van der Waals surface area contributed by atoms with E-state index in [1.54, 1.807) is 31.3 Å². The summed E-state index contributed by atoms with van der Waals surface area (Å²) in [7, 11) is 1.54. The summed E-state index contributed by atoms with van der Waals surface area (Å²) < 4.78 is 0. The van der Waals surface area contributed by atoms with Crippen LogP contribution in [-0.4, -0.2) is 24.9 Å². The van der Waals surface area contributed by atoms with Crippen LogP contribution < -0.4 is 10.2 Å². The van der Waals surface area contributed by atoms with Crippen molar-refractivity contribution < 1.29 is 9.59 Å². The largest absolute Gasteiger partial charge is 0.328 e. The molecule has 16 heavy (non-hydrogen) atoms. The molecule has 6 heteroatoms. The lowest BCUT2D eigenvalue weighted by molar-refractivity contribution is -0.117. The zero-order valence-electron chi connectivity index (χ0n) is 8.54. The van der Waals surface area contributed by atoms with Crippen molar-refractivity contribution in [2.24, 2.45) is 0 Å². The van der Waals surface area contributed by atoms with Crippen LogP contribution in [0, 0.1) is 0 Å². The fraction of sp³-hybridized carbons (Fsp3) is 0.200. The molecule has 86 valence electrons. The second kappa shape index (κ2) is 5.72. The SMILES string of the molecule is CN(C(=O)NC(=O)CCl)c1ccc(Cl)cc1. The Morgan fingerprint density at radius 3 is 2.38 bits per heavy atom. The molecule has 0 radical (unpaired) electrons. The van der Waals surface area contributed by atoms with Crippen molar-refractivity contribution in [3.05, 3.63) is 29.3 Å². The van der Waals surface area contributed by atoms with Gasteiger partial charge in [0, 0.05) is 17.8 Å². The molecule has 0 aliphatic rings. The number of rotatable bonds is 2. The summed E-state index contributed by atoms with van der Waals surface area (Å²) in [5.74, 6) is -0.785. The lowest BCUT2D eigenvalue weighted by Crippen LogP contribution is -2.41. The number of amides is 3. The second-order valence-corrected chi connectivity index (χ2v) is 3.73. The summed E-state index contributed by atoms with van der Waals surface area (Å²) in [5.41, 5.74) is 0.629. The highest BCUT2D eigenvalue weighted by Crippen LogP contribution is 2.16. The van der Waals surface area contributed by atoms with E-state index in [0.717, 1.165) is 0 Å². The van der Waals surface area contributed by atoms with Crippen molar-refractivity contribution >= 4 is 40.8 Å². The first-order chi connectivity index (χ1) is 7.54. The number of hydrogen-bond acceptors (Lipinski definition) is 2. The van der Waals surface area contributed by atoms with Crippen LogP contribution in [-0.2, 0) is 4.79 Å². The van der Waals surface area contributed by atoms with Gasteiger partial charge in [-0.1, -0.05) is 11.6 Å². The zero-order chi connectivity index (χ0) is 12.1. The molecule has 1 aromatic carbocycles. The van der Waals surface area contributed by atoms with Crippen LogP contribution in [0.25, 0.3) is 0 Å². The molecule has 0 aliphatic heterocycles. The summed E-state index contributed by atoms with van der Waals surface area (Å²) in [5, 5.41) is 2.70. The van der Waals surface area contributed by atoms with Gasteiger partial charge in [0.2, 0.25) is 5.91 Å². The molecule has 4 nitrogen and oxygen atoms in total. The van der Waals surface area contributed by atoms with Crippen LogP contribution in [0.15, 0.2) is 24.3 Å². The highest BCUT2D eigenvalue weighted by molar-refractivity contribution is 6.30. The highest BCUT2D eigenvalue weighted by Gasteiger charge is 2.12. The molecule has 0 fully saturated rings. The molecule has 0 saturated heterocycles. The Labute approximate surface area is 103 Å². The molecule has 0 bridgehead atoms. The maximum Gasteiger partial charge on any atom is 0.328 e. The number of alkyl halides is 1. The predicted molar refractivity (Wildman–Crippen MR) is 64.1 cm³/mol. The van der Waals surface area contributed by atoms with Crippen molar-refractivity contribution in [3.63, 3.8) is 0 Å². The van der Waals surface area contributed by atoms with Gasteiger partial charge >= 0.3 is 6.03 Å². The van der Waals surface area contributed by atoms with Gasteiger partial charge in [0.15, 0.2) is 0 Å². The maximum absolute atomic E-state index is 11.5. The highest BCUT2D eigenvalue weighted by atomic mass is 35.5. The van der Waals surface area contributed by atoms with E-state index in [4.69, 9.17) is 23.2 Å². The van der Waals surface area contributed by atoms with Crippen LogP contribution in [0.1, 0.15) is 0 Å². The molecule has 0 spiro atoms. The standard InChI is InChI=1S/C10H10Cl2N2O2/c1-14(10(16)13-9(15)6-11)8-4-2-7(12)3-5-8/h2-5H,6H2,1H3,(H,13,15,16). The van der Waals surface area contributed by atoms with E-state index >= 15 is 0 Å². The fourth-order valence-corrected chi connectivity index (χ4v) is 1.21. The van der Waals surface area contributed by atoms with Crippen molar-refractivity contribution in [3.8, 4) is 0 Å². The van der Waals surface area contributed by atoms with Crippen LogP contribution >= 0.6 is 23.2 Å². The van der Waals surface area contributed by atoms with Gasteiger partial charge in [-0.25, -0.2) is 4.79 Å². The summed E-state index contributed by atoms with van der Waals surface area (Å²) in [6.45, 7) is 0. The Morgan fingerprint density at radius 1 is 1.31 bits per heavy atom. The quantitative estimate of drug-likeness (QED) is 0.830. The molecule has 0 unspecified atom stereocenters. The minimum atomic E-state index is -0.535. The normalized spacial score (nSPS) is 9.69. The topological polar surface area (TPSA) is 49.4 Å². The number of carbonyl (C=O) groups excluding carboxylic acids is 2. The van der Waals surface area contributed by atoms with Crippen LogP contribution in [0.5, 0.6) is 0 Å². The number of nitrogens with one attached hydrogen (secondary N) is 1. The summed E-state index contributed by atoms with van der Waals surface area (Å²) in [6, 6.07) is 6.13. The maximum atomic E-state index is 11.5. The fourth-order valence-electron chi connectivity index (χ4n) is 1.02. The Hall–Kier alpha value is -1.26. The average Bonchev–Trinajstić information content (AvgIpc) is 2.28. The first-order valence-electron chi connectivity index (χ1n) is 4.43. The van der Waals surface area contributed by atoms with Gasteiger partial charge in [-0.3, -0.25) is 15.0 Å². The van der Waals surface area contributed by atoms with Gasteiger partial charge in [-0.2, -0.15) is 0 Å². The minimum absolute atomic E-state index is 0.250. The third kappa shape index (κ3) is 3.40. The first-order valence-corrected chi connectivity index (χ1v) is 5.35. The number of hydrogen-bond donors (Lipinski definition) is 1. The van der Waals surface area contributed by atoms with Gasteiger partial charge in [-0.05, 0) is 24.3 Å². The number of halogens is 2. The number of carbonyl (C=O) groups is 2. The van der Waals surface area contributed by atoms with Crippen LogP contribution in [0.3, 0.4) is 0 Å². The number of imide groups is 1. The van der Waals surface area contributed by atoms with E-state index in [-0.39, 0.29) is 5.88 Å². The summed E-state index contributed by atoms with van der Waals surface area (Å²) in [4.78, 5) is 23.7. The van der Waals surface area contributed by atoms with Crippen molar-refractivity contribution in [2.75, 3.05) is 17.8 Å². The van der Waals surface area contributed by atoms with Gasteiger partial charge in [0.25, 0.3) is 0 Å². The zero-order valence-corrected chi connectivity index (χ0v) is 10.0. The molecule has 0 atom stereocenters. The smallest absolute Gasteiger partial charge is 0.297 e. The Balaban J connectivity index is 2.70. The molecule has 1 aromatic rings. The molecule has 0 aromatic heterocycles. The van der Waals surface area contributed by atoms with Crippen LogP contribution in [0.2, 0.25) is 5.02 Å². The van der Waals surface area contributed by atoms with Crippen molar-refractivity contribution in [1.29, 1.82) is 0 Å². The Morgan fingerprint density at radius 2 is 1.88 bits per heavy atom. The van der Waals surface area contributed by atoms with Gasteiger partial charge in [0.05, 0.1) is 0 Å². The molecule has 1 rings (SSSR count).